The smallest absolute Gasteiger partial charge is 0.106 e. The monoisotopic (exact) mass is 261 g/mol. The molecule has 0 aliphatic heterocycles. The van der Waals surface area contributed by atoms with Crippen LogP contribution in [0.15, 0.2) is 35.4 Å². The fourth-order valence-electron chi connectivity index (χ4n) is 1.80. The van der Waals surface area contributed by atoms with E-state index in [-0.39, 0.29) is 0 Å². The van der Waals surface area contributed by atoms with Crippen LogP contribution in [0.2, 0.25) is 0 Å². The molecule has 0 saturated carbocycles. The van der Waals surface area contributed by atoms with Crippen LogP contribution in [-0.4, -0.2) is 22.8 Å². The summed E-state index contributed by atoms with van der Waals surface area (Å²) in [6.07, 6.45) is 4.88. The quantitative estimate of drug-likeness (QED) is 0.814. The molecule has 3 N–H and O–H groups in total. The first-order valence-corrected chi connectivity index (χ1v) is 7.33. The molecule has 0 spiro atoms. The van der Waals surface area contributed by atoms with E-state index in [1.54, 1.807) is 11.8 Å². The molecule has 1 atom stereocenters. The lowest BCUT2D eigenvalue weighted by molar-refractivity contribution is 0.577. The number of thioether (sulfide) groups is 1. The Bertz CT molecular complexity index is 490. The molecular formula is C14H19N3S. The minimum absolute atomic E-state index is 0.461. The van der Waals surface area contributed by atoms with Crippen molar-refractivity contribution >= 4 is 11.8 Å². The van der Waals surface area contributed by atoms with E-state index in [9.17, 15) is 0 Å². The first-order valence-electron chi connectivity index (χ1n) is 6.11. The van der Waals surface area contributed by atoms with E-state index in [1.807, 2.05) is 6.20 Å². The zero-order chi connectivity index (χ0) is 13.0. The van der Waals surface area contributed by atoms with Gasteiger partial charge in [-0.2, -0.15) is 0 Å². The summed E-state index contributed by atoms with van der Waals surface area (Å²) in [4.78, 5) is 9.04. The maximum Gasteiger partial charge on any atom is 0.106 e. The van der Waals surface area contributed by atoms with Crippen molar-refractivity contribution in [2.24, 2.45) is 11.7 Å². The van der Waals surface area contributed by atoms with Crippen LogP contribution in [0, 0.1) is 5.92 Å². The molecule has 0 bridgehead atoms. The number of rotatable bonds is 5. The van der Waals surface area contributed by atoms with E-state index in [1.165, 1.54) is 10.5 Å². The van der Waals surface area contributed by atoms with Gasteiger partial charge in [0.25, 0.3) is 0 Å². The normalized spacial score (nSPS) is 12.6. The fourth-order valence-corrected chi connectivity index (χ4v) is 2.21. The number of nitrogens with zero attached hydrogens (tertiary/aromatic N) is 1. The highest BCUT2D eigenvalue weighted by atomic mass is 32.2. The summed E-state index contributed by atoms with van der Waals surface area (Å²) in [5.41, 5.74) is 7.87. The van der Waals surface area contributed by atoms with Crippen molar-refractivity contribution in [2.45, 2.75) is 18.2 Å². The Morgan fingerprint density at radius 3 is 2.67 bits per heavy atom. The number of benzene rings is 1. The van der Waals surface area contributed by atoms with Crippen LogP contribution < -0.4 is 5.73 Å². The van der Waals surface area contributed by atoms with Gasteiger partial charge >= 0.3 is 0 Å². The lowest BCUT2D eigenvalue weighted by Gasteiger charge is -2.04. The maximum absolute atomic E-state index is 5.63. The SMILES string of the molecule is CSc1ccc(-c2cnc(CC(C)CN)[nH]2)cc1. The Morgan fingerprint density at radius 2 is 2.06 bits per heavy atom. The van der Waals surface area contributed by atoms with Crippen LogP contribution >= 0.6 is 11.8 Å². The fraction of sp³-hybridized carbons (Fsp3) is 0.357. The third kappa shape index (κ3) is 3.15. The number of H-pyrrole nitrogens is 1. The summed E-state index contributed by atoms with van der Waals surface area (Å²) < 4.78 is 0. The number of nitrogens with two attached hydrogens (primary N) is 1. The summed E-state index contributed by atoms with van der Waals surface area (Å²) in [5.74, 6) is 1.47. The molecule has 2 aromatic rings. The molecule has 0 aliphatic carbocycles. The lowest BCUT2D eigenvalue weighted by Crippen LogP contribution is -2.13. The first-order chi connectivity index (χ1) is 8.72. The van der Waals surface area contributed by atoms with Crippen molar-refractivity contribution in [2.75, 3.05) is 12.8 Å². The number of aromatic nitrogens is 2. The average molecular weight is 261 g/mol. The van der Waals surface area contributed by atoms with Gasteiger partial charge in [0.15, 0.2) is 0 Å². The second-order valence-electron chi connectivity index (χ2n) is 4.52. The van der Waals surface area contributed by atoms with Gasteiger partial charge in [-0.15, -0.1) is 11.8 Å². The molecule has 2 rings (SSSR count). The molecule has 96 valence electrons. The standard InChI is InChI=1S/C14H19N3S/c1-10(8-15)7-14-16-9-13(17-14)11-3-5-12(18-2)6-4-11/h3-6,9-10H,7-8,15H2,1-2H3,(H,16,17). The van der Waals surface area contributed by atoms with Crippen LogP contribution in [-0.2, 0) is 6.42 Å². The molecule has 4 heteroatoms. The molecular weight excluding hydrogens is 242 g/mol. The maximum atomic E-state index is 5.63. The summed E-state index contributed by atoms with van der Waals surface area (Å²) in [7, 11) is 0. The van der Waals surface area contributed by atoms with Crippen molar-refractivity contribution in [3.63, 3.8) is 0 Å². The predicted molar refractivity (Wildman–Crippen MR) is 77.7 cm³/mol. The van der Waals surface area contributed by atoms with Gasteiger partial charge in [0.2, 0.25) is 0 Å². The number of aromatic amines is 1. The Morgan fingerprint density at radius 1 is 1.33 bits per heavy atom. The van der Waals surface area contributed by atoms with Gasteiger partial charge in [-0.25, -0.2) is 4.98 Å². The second kappa shape index (κ2) is 6.07. The largest absolute Gasteiger partial charge is 0.342 e. The Kier molecular flexibility index (Phi) is 4.44. The summed E-state index contributed by atoms with van der Waals surface area (Å²) in [5, 5.41) is 0. The van der Waals surface area contributed by atoms with Gasteiger partial charge in [-0.3, -0.25) is 0 Å². The van der Waals surface area contributed by atoms with E-state index in [0.29, 0.717) is 12.5 Å². The van der Waals surface area contributed by atoms with Gasteiger partial charge in [-0.1, -0.05) is 19.1 Å². The van der Waals surface area contributed by atoms with E-state index in [2.05, 4.69) is 47.4 Å². The van der Waals surface area contributed by atoms with E-state index in [4.69, 9.17) is 5.73 Å². The highest BCUT2D eigenvalue weighted by molar-refractivity contribution is 7.98. The zero-order valence-corrected chi connectivity index (χ0v) is 11.6. The van der Waals surface area contributed by atoms with Crippen LogP contribution in [0.1, 0.15) is 12.7 Å². The molecule has 1 heterocycles. The molecule has 1 aromatic heterocycles. The molecule has 18 heavy (non-hydrogen) atoms. The molecule has 0 saturated heterocycles. The van der Waals surface area contributed by atoms with E-state index in [0.717, 1.165) is 17.9 Å². The predicted octanol–water partition coefficient (Wildman–Crippen LogP) is 2.94. The molecule has 1 aromatic carbocycles. The zero-order valence-electron chi connectivity index (χ0n) is 10.8. The van der Waals surface area contributed by atoms with Crippen molar-refractivity contribution in [1.29, 1.82) is 0 Å². The summed E-state index contributed by atoms with van der Waals surface area (Å²) >= 11 is 1.75. The van der Waals surface area contributed by atoms with Gasteiger partial charge < -0.3 is 10.7 Å². The van der Waals surface area contributed by atoms with Gasteiger partial charge in [0.1, 0.15) is 5.82 Å². The van der Waals surface area contributed by atoms with Gasteiger partial charge in [0.05, 0.1) is 11.9 Å². The molecule has 0 radical (unpaired) electrons. The van der Waals surface area contributed by atoms with Crippen molar-refractivity contribution in [1.82, 2.24) is 9.97 Å². The highest BCUT2D eigenvalue weighted by Crippen LogP contribution is 2.22. The molecule has 0 fully saturated rings. The summed E-state index contributed by atoms with van der Waals surface area (Å²) in [6, 6.07) is 8.50. The van der Waals surface area contributed by atoms with E-state index >= 15 is 0 Å². The lowest BCUT2D eigenvalue weighted by atomic mass is 10.1. The van der Waals surface area contributed by atoms with E-state index < -0.39 is 0 Å². The topological polar surface area (TPSA) is 54.7 Å². The number of imidazole rings is 1. The number of hydrogen-bond acceptors (Lipinski definition) is 3. The Labute approximate surface area is 112 Å². The average Bonchev–Trinajstić information content (AvgIpc) is 2.87. The third-order valence-electron chi connectivity index (χ3n) is 2.97. The Balaban J connectivity index is 2.13. The highest BCUT2D eigenvalue weighted by Gasteiger charge is 2.06. The Hall–Kier alpha value is -1.26. The molecule has 1 unspecified atom stereocenters. The van der Waals surface area contributed by atoms with Crippen molar-refractivity contribution in [3.05, 3.63) is 36.3 Å². The van der Waals surface area contributed by atoms with Gasteiger partial charge in [-0.05, 0) is 36.4 Å². The molecule has 0 aliphatic rings. The number of hydrogen-bond donors (Lipinski definition) is 2. The van der Waals surface area contributed by atoms with Crippen LogP contribution in [0.25, 0.3) is 11.3 Å². The van der Waals surface area contributed by atoms with Crippen LogP contribution in [0.5, 0.6) is 0 Å². The minimum Gasteiger partial charge on any atom is -0.342 e. The molecule has 0 amide bonds. The molecule has 3 nitrogen and oxygen atoms in total. The summed E-state index contributed by atoms with van der Waals surface area (Å²) in [6.45, 7) is 2.83. The minimum atomic E-state index is 0.461. The van der Waals surface area contributed by atoms with Crippen molar-refractivity contribution < 1.29 is 0 Å². The third-order valence-corrected chi connectivity index (χ3v) is 3.72. The van der Waals surface area contributed by atoms with Crippen LogP contribution in [0.4, 0.5) is 0 Å². The van der Waals surface area contributed by atoms with Gasteiger partial charge in [0, 0.05) is 11.3 Å². The number of nitrogens with one attached hydrogen (secondary N) is 1. The first kappa shape index (κ1) is 13.2. The van der Waals surface area contributed by atoms with Crippen LogP contribution in [0.3, 0.4) is 0 Å². The van der Waals surface area contributed by atoms with Crippen molar-refractivity contribution in [3.8, 4) is 11.3 Å². The second-order valence-corrected chi connectivity index (χ2v) is 5.40.